The van der Waals surface area contributed by atoms with Crippen molar-refractivity contribution in [2.24, 2.45) is 28.6 Å². The van der Waals surface area contributed by atoms with E-state index in [4.69, 9.17) is 4.74 Å². The molecule has 0 aromatic carbocycles. The molecule has 5 aliphatic rings. The van der Waals surface area contributed by atoms with Gasteiger partial charge in [0.05, 0.1) is 22.7 Å². The molecule has 0 spiro atoms. The van der Waals surface area contributed by atoms with Gasteiger partial charge < -0.3 is 24.9 Å². The third kappa shape index (κ3) is 2.58. The molecule has 4 saturated carbocycles. The predicted octanol–water partition coefficient (Wildman–Crippen LogP) is 1.90. The number of carbonyl (C=O) groups is 2. The maximum atomic E-state index is 12.5. The van der Waals surface area contributed by atoms with E-state index in [2.05, 4.69) is 6.92 Å². The molecule has 5 rings (SSSR count). The van der Waals surface area contributed by atoms with E-state index in [0.29, 0.717) is 45.1 Å². The van der Waals surface area contributed by atoms with Crippen molar-refractivity contribution in [2.75, 3.05) is 6.61 Å². The normalized spacial score (nSPS) is 54.1. The van der Waals surface area contributed by atoms with Gasteiger partial charge in [-0.2, -0.15) is 0 Å². The fourth-order valence-corrected chi connectivity index (χ4v) is 7.95. The first-order chi connectivity index (χ1) is 13.6. The van der Waals surface area contributed by atoms with E-state index in [9.17, 15) is 24.9 Å². The number of aliphatic hydroxyl groups is 3. The molecule has 8 atom stereocenters. The van der Waals surface area contributed by atoms with Gasteiger partial charge in [0.1, 0.15) is 12.9 Å². The molecule has 3 N–H and O–H groups in total. The molecule has 1 aliphatic heterocycles. The molecule has 0 radical (unpaired) electrons. The molecule has 0 aromatic rings. The van der Waals surface area contributed by atoms with Crippen molar-refractivity contribution in [1.29, 1.82) is 0 Å². The Hall–Kier alpha value is -1.24. The zero-order chi connectivity index (χ0) is 20.7. The van der Waals surface area contributed by atoms with E-state index < -0.39 is 22.7 Å². The summed E-state index contributed by atoms with van der Waals surface area (Å²) in [7, 11) is 0. The Bertz CT molecular complexity index is 777. The van der Waals surface area contributed by atoms with Crippen LogP contribution in [0.3, 0.4) is 0 Å². The number of cyclic esters (lactones) is 1. The number of aliphatic hydroxyl groups excluding tert-OH is 1. The van der Waals surface area contributed by atoms with Gasteiger partial charge in [0.15, 0.2) is 0 Å². The van der Waals surface area contributed by atoms with Gasteiger partial charge in [0.2, 0.25) is 0 Å². The van der Waals surface area contributed by atoms with Crippen molar-refractivity contribution in [1.82, 2.24) is 0 Å². The zero-order valence-corrected chi connectivity index (χ0v) is 17.1. The number of hydrogen-bond acceptors (Lipinski definition) is 6. The highest BCUT2D eigenvalue weighted by Gasteiger charge is 2.68. The number of aldehydes is 1. The summed E-state index contributed by atoms with van der Waals surface area (Å²) < 4.78 is 5.10. The highest BCUT2D eigenvalue weighted by Crippen LogP contribution is 2.68. The maximum Gasteiger partial charge on any atom is 0.331 e. The second kappa shape index (κ2) is 6.14. The van der Waals surface area contributed by atoms with Gasteiger partial charge in [-0.25, -0.2) is 4.79 Å². The van der Waals surface area contributed by atoms with Crippen LogP contribution >= 0.6 is 0 Å². The van der Waals surface area contributed by atoms with Crippen LogP contribution in [0.5, 0.6) is 0 Å². The number of ether oxygens (including phenoxy) is 1. The predicted molar refractivity (Wildman–Crippen MR) is 104 cm³/mol. The molecular formula is C23H32O6. The van der Waals surface area contributed by atoms with E-state index in [0.717, 1.165) is 24.7 Å². The van der Waals surface area contributed by atoms with E-state index in [-0.39, 0.29) is 35.6 Å². The van der Waals surface area contributed by atoms with Gasteiger partial charge >= 0.3 is 5.97 Å². The van der Waals surface area contributed by atoms with E-state index >= 15 is 0 Å². The molecule has 1 heterocycles. The molecule has 4 fully saturated rings. The number of fused-ring (bicyclic) bond motifs is 4. The quantitative estimate of drug-likeness (QED) is 0.480. The van der Waals surface area contributed by atoms with Crippen molar-refractivity contribution < 1.29 is 29.6 Å². The van der Waals surface area contributed by atoms with Crippen molar-refractivity contribution in [3.63, 3.8) is 0 Å². The minimum Gasteiger partial charge on any atom is -0.458 e. The third-order valence-electron chi connectivity index (χ3n) is 9.58. The van der Waals surface area contributed by atoms with Crippen LogP contribution in [0, 0.1) is 28.6 Å². The largest absolute Gasteiger partial charge is 0.458 e. The van der Waals surface area contributed by atoms with Crippen molar-refractivity contribution >= 4 is 12.3 Å². The van der Waals surface area contributed by atoms with Crippen LogP contribution in [0.15, 0.2) is 11.6 Å². The average molecular weight is 405 g/mol. The van der Waals surface area contributed by atoms with Crippen LogP contribution in [0.4, 0.5) is 0 Å². The fraction of sp³-hybridized carbons (Fsp3) is 0.826. The summed E-state index contributed by atoms with van der Waals surface area (Å²) in [5.74, 6) is 0.0379. The third-order valence-corrected chi connectivity index (χ3v) is 9.58. The maximum absolute atomic E-state index is 12.5. The van der Waals surface area contributed by atoms with Crippen LogP contribution in [-0.4, -0.2) is 51.5 Å². The van der Waals surface area contributed by atoms with Crippen LogP contribution in [-0.2, 0) is 14.3 Å². The molecule has 160 valence electrons. The summed E-state index contributed by atoms with van der Waals surface area (Å²) >= 11 is 0. The van der Waals surface area contributed by atoms with Crippen LogP contribution in [0.25, 0.3) is 0 Å². The number of esters is 1. The van der Waals surface area contributed by atoms with E-state index in [1.54, 1.807) is 6.08 Å². The topological polar surface area (TPSA) is 104 Å². The second-order valence-electron chi connectivity index (χ2n) is 10.9. The van der Waals surface area contributed by atoms with Gasteiger partial charge in [-0.3, -0.25) is 0 Å². The van der Waals surface area contributed by atoms with Gasteiger partial charge in [0.25, 0.3) is 0 Å². The Morgan fingerprint density at radius 1 is 1.07 bits per heavy atom. The molecule has 0 bridgehead atoms. The first-order valence-electron chi connectivity index (χ1n) is 11.1. The first-order valence-corrected chi connectivity index (χ1v) is 11.1. The molecule has 4 aliphatic carbocycles. The van der Waals surface area contributed by atoms with Crippen LogP contribution in [0.1, 0.15) is 64.7 Å². The summed E-state index contributed by atoms with van der Waals surface area (Å²) in [6, 6.07) is 0. The monoisotopic (exact) mass is 404 g/mol. The highest BCUT2D eigenvalue weighted by molar-refractivity contribution is 5.85. The Kier molecular flexibility index (Phi) is 4.18. The Labute approximate surface area is 171 Å². The Balaban J connectivity index is 1.48. The Morgan fingerprint density at radius 2 is 1.86 bits per heavy atom. The second-order valence-corrected chi connectivity index (χ2v) is 10.9. The minimum atomic E-state index is -1.15. The van der Waals surface area contributed by atoms with Crippen LogP contribution in [0.2, 0.25) is 0 Å². The van der Waals surface area contributed by atoms with Crippen molar-refractivity contribution in [3.8, 4) is 0 Å². The lowest BCUT2D eigenvalue weighted by Crippen LogP contribution is -2.66. The summed E-state index contributed by atoms with van der Waals surface area (Å²) in [5.41, 5.74) is -2.19. The summed E-state index contributed by atoms with van der Waals surface area (Å²) in [6.45, 7) is 2.43. The first kappa shape index (κ1) is 19.7. The summed E-state index contributed by atoms with van der Waals surface area (Å²) in [4.78, 5) is 24.0. The van der Waals surface area contributed by atoms with Crippen molar-refractivity contribution in [3.05, 3.63) is 11.6 Å². The SMILES string of the molecule is C[C@]12C[C@H](C3=CC(=O)OC3)C[C@]1(O)C[C@@H]1CC[C@]3(O)C[C@H](O)CC[C@@]3(C=O)[C@H]1C2. The number of rotatable bonds is 2. The number of hydrogen-bond donors (Lipinski definition) is 3. The summed E-state index contributed by atoms with van der Waals surface area (Å²) in [6.07, 6.45) is 7.36. The fourth-order valence-electron chi connectivity index (χ4n) is 7.95. The molecule has 0 amide bonds. The molecular weight excluding hydrogens is 372 g/mol. The van der Waals surface area contributed by atoms with Gasteiger partial charge in [-0.05, 0) is 80.1 Å². The highest BCUT2D eigenvalue weighted by atomic mass is 16.5. The zero-order valence-electron chi connectivity index (χ0n) is 17.1. The molecule has 29 heavy (non-hydrogen) atoms. The molecule has 6 heteroatoms. The number of carbonyl (C=O) groups excluding carboxylic acids is 2. The van der Waals surface area contributed by atoms with Gasteiger partial charge in [-0.15, -0.1) is 0 Å². The molecule has 0 aromatic heterocycles. The summed E-state index contributed by atoms with van der Waals surface area (Å²) in [5, 5.41) is 33.4. The lowest BCUT2D eigenvalue weighted by atomic mass is 9.43. The Morgan fingerprint density at radius 3 is 2.55 bits per heavy atom. The molecule has 0 saturated heterocycles. The van der Waals surface area contributed by atoms with Crippen molar-refractivity contribution in [2.45, 2.75) is 82.0 Å². The molecule has 6 nitrogen and oxygen atoms in total. The van der Waals surface area contributed by atoms with E-state index in [1.807, 2.05) is 0 Å². The average Bonchev–Trinajstić information content (AvgIpc) is 3.20. The lowest BCUT2D eigenvalue weighted by Gasteiger charge is -2.63. The molecule has 0 unspecified atom stereocenters. The van der Waals surface area contributed by atoms with Gasteiger partial charge in [0, 0.05) is 12.5 Å². The standard InChI is InChI=1S/C23H32O6/c1-20-7-16(15-6-19(26)29-12-15)9-23(20,28)8-14-2-5-22(27)10-17(25)3-4-21(22,13-24)18(14)11-20/h6,13-14,16-18,25,27-28H,2-5,7-12H2,1H3/t14-,16-,17+,18-,20+,21+,22-,23+/m0/s1. The smallest absolute Gasteiger partial charge is 0.331 e. The minimum absolute atomic E-state index is 0.0192. The lowest BCUT2D eigenvalue weighted by molar-refractivity contribution is -0.229. The van der Waals surface area contributed by atoms with Crippen LogP contribution < -0.4 is 0 Å². The van der Waals surface area contributed by atoms with E-state index in [1.165, 1.54) is 0 Å². The van der Waals surface area contributed by atoms with Gasteiger partial charge in [-0.1, -0.05) is 6.92 Å².